The Hall–Kier alpha value is -1.15. The summed E-state index contributed by atoms with van der Waals surface area (Å²) >= 11 is 1.79. The van der Waals surface area contributed by atoms with E-state index >= 15 is 0 Å². The number of aromatic nitrogens is 1. The third kappa shape index (κ3) is 2.42. The molecule has 1 saturated carbocycles. The Morgan fingerprint density at radius 1 is 1.29 bits per heavy atom. The van der Waals surface area contributed by atoms with Gasteiger partial charge in [-0.15, -0.1) is 11.3 Å². The molecular weight excluding hydrogens is 226 g/mol. The Morgan fingerprint density at radius 3 is 2.71 bits per heavy atom. The highest BCUT2D eigenvalue weighted by atomic mass is 32.1. The second-order valence-corrected chi connectivity index (χ2v) is 6.15. The monoisotopic (exact) mass is 243 g/mol. The molecule has 17 heavy (non-hydrogen) atoms. The fourth-order valence-corrected chi connectivity index (χ4v) is 2.87. The van der Waals surface area contributed by atoms with E-state index in [2.05, 4.69) is 37.4 Å². The van der Waals surface area contributed by atoms with Gasteiger partial charge in [0.25, 0.3) is 0 Å². The number of pyridine rings is 1. The van der Waals surface area contributed by atoms with Gasteiger partial charge in [-0.05, 0) is 56.7 Å². The fourth-order valence-electron chi connectivity index (χ4n) is 2.18. The first-order valence-electron chi connectivity index (χ1n) is 6.24. The number of rotatable bonds is 3. The normalized spacial score (nSPS) is 15.2. The van der Waals surface area contributed by atoms with Crippen LogP contribution in [0.1, 0.15) is 29.0 Å². The summed E-state index contributed by atoms with van der Waals surface area (Å²) in [6.45, 7) is 4.28. The molecule has 1 nitrogen and oxygen atoms in total. The molecule has 2 aromatic heterocycles. The molecular formula is C15H17NS. The minimum Gasteiger partial charge on any atom is -0.253 e. The lowest BCUT2D eigenvalue weighted by molar-refractivity contribution is 0.818. The summed E-state index contributed by atoms with van der Waals surface area (Å²) in [5.41, 5.74) is 5.02. The maximum absolute atomic E-state index is 4.74. The van der Waals surface area contributed by atoms with Crippen molar-refractivity contribution >= 4 is 11.3 Å². The smallest absolute Gasteiger partial charge is 0.0713 e. The highest BCUT2D eigenvalue weighted by Crippen LogP contribution is 2.33. The van der Waals surface area contributed by atoms with E-state index in [4.69, 9.17) is 4.98 Å². The number of aryl methyl sites for hydroxylation is 2. The second-order valence-electron chi connectivity index (χ2n) is 5.03. The first-order valence-corrected chi connectivity index (χ1v) is 7.12. The van der Waals surface area contributed by atoms with Crippen molar-refractivity contribution in [3.8, 4) is 11.3 Å². The van der Waals surface area contributed by atoms with Crippen LogP contribution in [0.25, 0.3) is 11.3 Å². The van der Waals surface area contributed by atoms with Gasteiger partial charge in [-0.3, -0.25) is 4.98 Å². The van der Waals surface area contributed by atoms with Crippen molar-refractivity contribution in [1.82, 2.24) is 4.98 Å². The van der Waals surface area contributed by atoms with Crippen molar-refractivity contribution < 1.29 is 0 Å². The number of hydrogen-bond acceptors (Lipinski definition) is 2. The summed E-state index contributed by atoms with van der Waals surface area (Å²) in [5, 5.41) is 2.19. The van der Waals surface area contributed by atoms with Crippen molar-refractivity contribution in [2.24, 2.45) is 5.92 Å². The van der Waals surface area contributed by atoms with Crippen LogP contribution < -0.4 is 0 Å². The van der Waals surface area contributed by atoms with Crippen LogP contribution in [0.4, 0.5) is 0 Å². The average molecular weight is 243 g/mol. The molecule has 0 N–H and O–H groups in total. The van der Waals surface area contributed by atoms with Crippen LogP contribution in [0.15, 0.2) is 23.6 Å². The Kier molecular flexibility index (Phi) is 2.75. The molecule has 2 heterocycles. The van der Waals surface area contributed by atoms with Crippen LogP contribution in [0.5, 0.6) is 0 Å². The van der Waals surface area contributed by atoms with Gasteiger partial charge < -0.3 is 0 Å². The lowest BCUT2D eigenvalue weighted by Gasteiger charge is -2.06. The lowest BCUT2D eigenvalue weighted by atomic mass is 10.1. The zero-order chi connectivity index (χ0) is 11.8. The Balaban J connectivity index is 1.89. The van der Waals surface area contributed by atoms with Gasteiger partial charge in [-0.2, -0.15) is 0 Å². The number of thiophene rings is 1. The summed E-state index contributed by atoms with van der Waals surface area (Å²) in [4.78, 5) is 6.09. The summed E-state index contributed by atoms with van der Waals surface area (Å²) in [5.74, 6) is 0.935. The molecule has 0 amide bonds. The third-order valence-electron chi connectivity index (χ3n) is 3.43. The Morgan fingerprint density at radius 2 is 2.12 bits per heavy atom. The highest BCUT2D eigenvalue weighted by Gasteiger charge is 2.22. The van der Waals surface area contributed by atoms with Crippen molar-refractivity contribution in [3.05, 3.63) is 39.7 Å². The summed E-state index contributed by atoms with van der Waals surface area (Å²) in [6, 6.07) is 6.65. The van der Waals surface area contributed by atoms with Gasteiger partial charge in [0.2, 0.25) is 0 Å². The van der Waals surface area contributed by atoms with Gasteiger partial charge >= 0.3 is 0 Å². The zero-order valence-corrected chi connectivity index (χ0v) is 11.2. The summed E-state index contributed by atoms with van der Waals surface area (Å²) in [6.07, 6.45) is 4.04. The van der Waals surface area contributed by atoms with Crippen LogP contribution in [0.3, 0.4) is 0 Å². The van der Waals surface area contributed by atoms with Gasteiger partial charge in [0, 0.05) is 21.5 Å². The van der Waals surface area contributed by atoms with Crippen LogP contribution in [0, 0.1) is 19.8 Å². The third-order valence-corrected chi connectivity index (χ3v) is 4.29. The molecule has 0 aromatic carbocycles. The van der Waals surface area contributed by atoms with Gasteiger partial charge in [-0.25, -0.2) is 0 Å². The van der Waals surface area contributed by atoms with E-state index in [1.165, 1.54) is 41.0 Å². The second kappa shape index (κ2) is 4.26. The highest BCUT2D eigenvalue weighted by molar-refractivity contribution is 7.10. The van der Waals surface area contributed by atoms with E-state index in [1.807, 2.05) is 0 Å². The molecule has 0 atom stereocenters. The molecule has 0 radical (unpaired) electrons. The zero-order valence-electron chi connectivity index (χ0n) is 10.4. The minimum absolute atomic E-state index is 0.935. The first-order chi connectivity index (χ1) is 8.22. The molecule has 3 rings (SSSR count). The van der Waals surface area contributed by atoms with E-state index in [1.54, 1.807) is 11.3 Å². The number of nitrogens with zero attached hydrogens (tertiary/aromatic N) is 1. The molecule has 2 heteroatoms. The van der Waals surface area contributed by atoms with Gasteiger partial charge in [0.1, 0.15) is 0 Å². The van der Waals surface area contributed by atoms with E-state index in [0.717, 1.165) is 11.6 Å². The molecule has 0 unspecified atom stereocenters. The van der Waals surface area contributed by atoms with Crippen LogP contribution in [-0.4, -0.2) is 4.98 Å². The molecule has 0 saturated heterocycles. The molecule has 0 bridgehead atoms. The van der Waals surface area contributed by atoms with E-state index in [9.17, 15) is 0 Å². The standard InChI is InChI=1S/C15H17NS/c1-10-7-14(9-17-10)15-6-5-13(11(2)16-15)8-12-3-4-12/h5-7,9,12H,3-4,8H2,1-2H3. The molecule has 1 fully saturated rings. The van der Waals surface area contributed by atoms with Crippen LogP contribution in [-0.2, 0) is 6.42 Å². The Bertz CT molecular complexity index is 538. The molecule has 0 spiro atoms. The first kappa shape index (κ1) is 11.0. The maximum Gasteiger partial charge on any atom is 0.0713 e. The van der Waals surface area contributed by atoms with Crippen molar-refractivity contribution in [3.63, 3.8) is 0 Å². The molecule has 88 valence electrons. The van der Waals surface area contributed by atoms with Crippen molar-refractivity contribution in [2.75, 3.05) is 0 Å². The van der Waals surface area contributed by atoms with Gasteiger partial charge in [-0.1, -0.05) is 6.07 Å². The quantitative estimate of drug-likeness (QED) is 0.779. The van der Waals surface area contributed by atoms with Gasteiger partial charge in [0.05, 0.1) is 5.69 Å². The Labute approximate surface area is 107 Å². The van der Waals surface area contributed by atoms with Crippen molar-refractivity contribution in [1.29, 1.82) is 0 Å². The maximum atomic E-state index is 4.74. The largest absolute Gasteiger partial charge is 0.253 e. The number of hydrogen-bond donors (Lipinski definition) is 0. The van der Waals surface area contributed by atoms with Crippen molar-refractivity contribution in [2.45, 2.75) is 33.1 Å². The molecule has 0 aliphatic heterocycles. The minimum atomic E-state index is 0.935. The predicted octanol–water partition coefficient (Wildman–Crippen LogP) is 4.38. The van der Waals surface area contributed by atoms with E-state index < -0.39 is 0 Å². The molecule has 1 aliphatic rings. The predicted molar refractivity (Wildman–Crippen MR) is 73.5 cm³/mol. The SMILES string of the molecule is Cc1cc(-c2ccc(CC3CC3)c(C)n2)cs1. The van der Waals surface area contributed by atoms with Crippen LogP contribution >= 0.6 is 11.3 Å². The van der Waals surface area contributed by atoms with Crippen LogP contribution in [0.2, 0.25) is 0 Å². The average Bonchev–Trinajstić information content (AvgIpc) is 3.02. The molecule has 2 aromatic rings. The topological polar surface area (TPSA) is 12.9 Å². The van der Waals surface area contributed by atoms with Gasteiger partial charge in [0.15, 0.2) is 0 Å². The molecule has 1 aliphatic carbocycles. The van der Waals surface area contributed by atoms with E-state index in [0.29, 0.717) is 0 Å². The van der Waals surface area contributed by atoms with E-state index in [-0.39, 0.29) is 0 Å². The summed E-state index contributed by atoms with van der Waals surface area (Å²) in [7, 11) is 0. The lowest BCUT2D eigenvalue weighted by Crippen LogP contribution is -1.95. The summed E-state index contributed by atoms with van der Waals surface area (Å²) < 4.78 is 0. The fraction of sp³-hybridized carbons (Fsp3) is 0.400.